The molecule has 1 fully saturated rings. The second-order valence-electron chi connectivity index (χ2n) is 6.54. The molecule has 1 aromatic heterocycles. The van der Waals surface area contributed by atoms with Gasteiger partial charge in [-0.3, -0.25) is 14.7 Å². The van der Waals surface area contributed by atoms with Gasteiger partial charge in [0.15, 0.2) is 5.54 Å². The lowest BCUT2D eigenvalue weighted by Gasteiger charge is -2.21. The summed E-state index contributed by atoms with van der Waals surface area (Å²) < 4.78 is 0. The monoisotopic (exact) mass is 323 g/mol. The van der Waals surface area contributed by atoms with Crippen LogP contribution in [-0.4, -0.2) is 21.8 Å². The van der Waals surface area contributed by atoms with Crippen LogP contribution in [0.25, 0.3) is 0 Å². The molecule has 5 nitrogen and oxygen atoms in total. The Morgan fingerprint density at radius 1 is 1.12 bits per heavy atom. The molecule has 0 spiro atoms. The van der Waals surface area contributed by atoms with Crippen molar-refractivity contribution < 1.29 is 9.59 Å². The third-order valence-electron chi connectivity index (χ3n) is 4.61. The van der Waals surface area contributed by atoms with Crippen LogP contribution < -0.4 is 5.32 Å². The van der Waals surface area contributed by atoms with Crippen molar-refractivity contribution in [2.24, 2.45) is 0 Å². The molecule has 2 aromatic rings. The Balaban J connectivity index is 1.94. The molecule has 1 aliphatic rings. The van der Waals surface area contributed by atoms with E-state index in [0.717, 1.165) is 16.7 Å². The van der Waals surface area contributed by atoms with Crippen molar-refractivity contribution in [3.05, 3.63) is 64.5 Å². The Labute approximate surface area is 141 Å². The molecule has 0 radical (unpaired) electrons. The summed E-state index contributed by atoms with van der Waals surface area (Å²) in [6.45, 7) is 8.02. The number of aryl methyl sites for hydroxylation is 3. The average molecular weight is 323 g/mol. The van der Waals surface area contributed by atoms with Gasteiger partial charge in [0.05, 0.1) is 12.2 Å². The molecule has 1 atom stereocenters. The predicted molar refractivity (Wildman–Crippen MR) is 91.3 cm³/mol. The zero-order valence-electron chi connectivity index (χ0n) is 14.4. The first-order valence-corrected chi connectivity index (χ1v) is 7.95. The number of rotatable bonds is 3. The molecule has 1 aliphatic heterocycles. The molecule has 2 heterocycles. The van der Waals surface area contributed by atoms with Crippen LogP contribution in [0.1, 0.15) is 34.9 Å². The van der Waals surface area contributed by atoms with Gasteiger partial charge in [-0.1, -0.05) is 23.8 Å². The second kappa shape index (κ2) is 5.74. The third kappa shape index (κ3) is 2.56. The lowest BCUT2D eigenvalue weighted by atomic mass is 9.96. The molecule has 5 heteroatoms. The van der Waals surface area contributed by atoms with Crippen molar-refractivity contribution >= 4 is 11.9 Å². The van der Waals surface area contributed by atoms with Gasteiger partial charge in [0.2, 0.25) is 0 Å². The minimum absolute atomic E-state index is 0.269. The summed E-state index contributed by atoms with van der Waals surface area (Å²) in [6.07, 6.45) is 1.62. The molecular weight excluding hydrogens is 302 g/mol. The highest BCUT2D eigenvalue weighted by molar-refractivity contribution is 6.06. The Bertz CT molecular complexity index is 794. The van der Waals surface area contributed by atoms with Gasteiger partial charge in [-0.2, -0.15) is 0 Å². The molecule has 1 N–H and O–H groups in total. The van der Waals surface area contributed by atoms with Gasteiger partial charge in [-0.15, -0.1) is 0 Å². The summed E-state index contributed by atoms with van der Waals surface area (Å²) in [5.74, 6) is -0.273. The number of hydrogen-bond acceptors (Lipinski definition) is 3. The Kier molecular flexibility index (Phi) is 3.87. The first kappa shape index (κ1) is 16.2. The molecular formula is C19H21N3O2. The number of nitrogens with zero attached hydrogens (tertiary/aromatic N) is 2. The highest BCUT2D eigenvalue weighted by Gasteiger charge is 2.49. The molecule has 0 saturated carbocycles. The number of imide groups is 1. The number of carbonyl (C=O) groups excluding carboxylic acids is 2. The normalized spacial score (nSPS) is 20.4. The maximum Gasteiger partial charge on any atom is 0.325 e. The maximum atomic E-state index is 12.9. The molecule has 1 unspecified atom stereocenters. The Hall–Kier alpha value is -2.69. The van der Waals surface area contributed by atoms with E-state index < -0.39 is 5.54 Å². The largest absolute Gasteiger partial charge is 0.325 e. The molecule has 3 amide bonds. The Morgan fingerprint density at radius 2 is 1.79 bits per heavy atom. The minimum atomic E-state index is -1.12. The number of benzene rings is 1. The summed E-state index contributed by atoms with van der Waals surface area (Å²) in [7, 11) is 0. The summed E-state index contributed by atoms with van der Waals surface area (Å²) >= 11 is 0. The van der Waals surface area contributed by atoms with Gasteiger partial charge in [0, 0.05) is 6.20 Å². The quantitative estimate of drug-likeness (QED) is 0.883. The number of carbonyl (C=O) groups is 2. The van der Waals surface area contributed by atoms with Crippen LogP contribution in [-0.2, 0) is 16.9 Å². The van der Waals surface area contributed by atoms with Crippen molar-refractivity contribution in [1.29, 1.82) is 0 Å². The number of nitrogens with one attached hydrogen (secondary N) is 1. The molecule has 124 valence electrons. The smallest absolute Gasteiger partial charge is 0.318 e. The van der Waals surface area contributed by atoms with Crippen molar-refractivity contribution in [2.45, 2.75) is 39.8 Å². The van der Waals surface area contributed by atoms with E-state index >= 15 is 0 Å². The zero-order valence-corrected chi connectivity index (χ0v) is 14.4. The van der Waals surface area contributed by atoms with Gasteiger partial charge in [0.25, 0.3) is 5.91 Å². The van der Waals surface area contributed by atoms with Gasteiger partial charge in [-0.05, 0) is 56.5 Å². The van der Waals surface area contributed by atoms with E-state index in [4.69, 9.17) is 0 Å². The van der Waals surface area contributed by atoms with Crippen LogP contribution in [0.3, 0.4) is 0 Å². The van der Waals surface area contributed by atoms with E-state index in [2.05, 4.69) is 22.4 Å². The number of hydrogen-bond donors (Lipinski definition) is 1. The zero-order chi connectivity index (χ0) is 17.5. The summed E-state index contributed by atoms with van der Waals surface area (Å²) in [5, 5.41) is 2.79. The van der Waals surface area contributed by atoms with Crippen molar-refractivity contribution in [2.75, 3.05) is 0 Å². The number of urea groups is 1. The number of amides is 3. The highest BCUT2D eigenvalue weighted by atomic mass is 16.2. The van der Waals surface area contributed by atoms with Crippen molar-refractivity contribution in [1.82, 2.24) is 15.2 Å². The first-order chi connectivity index (χ1) is 11.3. The summed E-state index contributed by atoms with van der Waals surface area (Å²) in [6, 6.07) is 9.10. The summed E-state index contributed by atoms with van der Waals surface area (Å²) in [4.78, 5) is 30.9. The van der Waals surface area contributed by atoms with Crippen LogP contribution in [0.4, 0.5) is 4.79 Å². The second-order valence-corrected chi connectivity index (χ2v) is 6.54. The Morgan fingerprint density at radius 3 is 2.38 bits per heavy atom. The fourth-order valence-corrected chi connectivity index (χ4v) is 3.29. The van der Waals surface area contributed by atoms with Gasteiger partial charge >= 0.3 is 6.03 Å². The average Bonchev–Trinajstić information content (AvgIpc) is 2.75. The fraction of sp³-hybridized carbons (Fsp3) is 0.316. The molecule has 0 aliphatic carbocycles. The van der Waals surface area contributed by atoms with Crippen molar-refractivity contribution in [3.63, 3.8) is 0 Å². The molecule has 3 rings (SSSR count). The fourth-order valence-electron chi connectivity index (χ4n) is 3.29. The predicted octanol–water partition coefficient (Wildman–Crippen LogP) is 2.97. The van der Waals surface area contributed by atoms with E-state index in [0.29, 0.717) is 5.69 Å². The molecule has 24 heavy (non-hydrogen) atoms. The van der Waals surface area contributed by atoms with E-state index in [1.807, 2.05) is 26.8 Å². The first-order valence-electron chi connectivity index (χ1n) is 7.95. The highest BCUT2D eigenvalue weighted by Crippen LogP contribution is 2.29. The van der Waals surface area contributed by atoms with Gasteiger partial charge in [0.1, 0.15) is 0 Å². The van der Waals surface area contributed by atoms with E-state index in [-0.39, 0.29) is 18.5 Å². The standard InChI is InChI=1S/C19H21N3O2/c1-12-9-13(2)15(14(3)10-12)11-22-17(23)19(4,21-18(22)24)16-7-5-6-8-20-16/h5-10H,11H2,1-4H3,(H,21,24). The maximum absolute atomic E-state index is 12.9. The third-order valence-corrected chi connectivity index (χ3v) is 4.61. The SMILES string of the molecule is Cc1cc(C)c(CN2C(=O)NC(C)(c3ccccn3)C2=O)c(C)c1. The van der Waals surface area contributed by atoms with Gasteiger partial charge < -0.3 is 5.32 Å². The number of pyridine rings is 1. The minimum Gasteiger partial charge on any atom is -0.318 e. The van der Waals surface area contributed by atoms with Gasteiger partial charge in [-0.25, -0.2) is 4.79 Å². The number of aromatic nitrogens is 1. The van der Waals surface area contributed by atoms with E-state index in [9.17, 15) is 9.59 Å². The van der Waals surface area contributed by atoms with E-state index in [1.165, 1.54) is 10.5 Å². The van der Waals surface area contributed by atoms with Crippen molar-refractivity contribution in [3.8, 4) is 0 Å². The van der Waals surface area contributed by atoms with Crippen LogP contribution in [0, 0.1) is 20.8 Å². The topological polar surface area (TPSA) is 62.3 Å². The van der Waals surface area contributed by atoms with Crippen LogP contribution >= 0.6 is 0 Å². The van der Waals surface area contributed by atoms with Crippen LogP contribution in [0.15, 0.2) is 36.5 Å². The summed E-state index contributed by atoms with van der Waals surface area (Å²) in [5.41, 5.74) is 3.77. The van der Waals surface area contributed by atoms with E-state index in [1.54, 1.807) is 25.3 Å². The van der Waals surface area contributed by atoms with Crippen LogP contribution in [0.5, 0.6) is 0 Å². The lowest BCUT2D eigenvalue weighted by Crippen LogP contribution is -2.41. The molecule has 0 bridgehead atoms. The lowest BCUT2D eigenvalue weighted by molar-refractivity contribution is -0.131. The van der Waals surface area contributed by atoms with Crippen LogP contribution in [0.2, 0.25) is 0 Å². The molecule has 1 saturated heterocycles. The molecule has 1 aromatic carbocycles.